The van der Waals surface area contributed by atoms with Crippen molar-refractivity contribution in [3.05, 3.63) is 29.3 Å². The van der Waals surface area contributed by atoms with E-state index in [1.807, 2.05) is 25.7 Å². The second-order valence-corrected chi connectivity index (χ2v) is 10.4. The zero-order valence-electron chi connectivity index (χ0n) is 19.5. The number of aryl methyl sites for hydroxylation is 1. The average molecular weight is 442 g/mol. The van der Waals surface area contributed by atoms with Gasteiger partial charge in [-0.15, -0.1) is 0 Å². The van der Waals surface area contributed by atoms with Crippen molar-refractivity contribution < 1.29 is 19.1 Å². The molecule has 32 heavy (non-hydrogen) atoms. The lowest BCUT2D eigenvalue weighted by Gasteiger charge is -2.38. The molecule has 1 atom stereocenters. The first kappa shape index (κ1) is 22.6. The number of nitrogens with one attached hydrogen (secondary N) is 1. The molecule has 0 spiro atoms. The van der Waals surface area contributed by atoms with Crippen molar-refractivity contribution in [2.45, 2.75) is 70.8 Å². The number of amides is 3. The van der Waals surface area contributed by atoms with E-state index in [4.69, 9.17) is 4.74 Å². The first-order chi connectivity index (χ1) is 15.2. The Morgan fingerprint density at radius 2 is 1.84 bits per heavy atom. The number of piperidine rings is 2. The molecule has 2 saturated heterocycles. The van der Waals surface area contributed by atoms with Crippen molar-refractivity contribution in [2.75, 3.05) is 31.1 Å². The third-order valence-corrected chi connectivity index (χ3v) is 6.70. The SMILES string of the molecule is CC(C)(C)OC(=O)N1CCC(CN2CCCc3cc([C@H]4CCC(=O)NC4=O)ccc32)CC1. The smallest absolute Gasteiger partial charge is 0.410 e. The van der Waals surface area contributed by atoms with E-state index in [0.717, 1.165) is 57.4 Å². The fraction of sp³-hybridized carbons (Fsp3) is 0.640. The molecule has 0 saturated carbocycles. The number of benzene rings is 1. The lowest BCUT2D eigenvalue weighted by atomic mass is 9.87. The Hall–Kier alpha value is -2.57. The third-order valence-electron chi connectivity index (χ3n) is 6.70. The monoisotopic (exact) mass is 441 g/mol. The van der Waals surface area contributed by atoms with Gasteiger partial charge in [0.15, 0.2) is 0 Å². The Kier molecular flexibility index (Phi) is 6.45. The molecule has 7 nitrogen and oxygen atoms in total. The van der Waals surface area contributed by atoms with Gasteiger partial charge < -0.3 is 14.5 Å². The van der Waals surface area contributed by atoms with E-state index in [1.165, 1.54) is 11.3 Å². The second kappa shape index (κ2) is 9.12. The van der Waals surface area contributed by atoms with Crippen LogP contribution in [-0.4, -0.2) is 54.6 Å². The topological polar surface area (TPSA) is 79.0 Å². The van der Waals surface area contributed by atoms with Gasteiger partial charge in [-0.3, -0.25) is 14.9 Å². The van der Waals surface area contributed by atoms with E-state index in [0.29, 0.717) is 18.8 Å². The highest BCUT2D eigenvalue weighted by Crippen LogP contribution is 2.34. The maximum Gasteiger partial charge on any atom is 0.410 e. The number of carbonyl (C=O) groups excluding carboxylic acids is 3. The number of rotatable bonds is 3. The summed E-state index contributed by atoms with van der Waals surface area (Å²) in [6.45, 7) is 9.22. The number of hydrogen-bond donors (Lipinski definition) is 1. The molecule has 1 N–H and O–H groups in total. The standard InChI is InChI=1S/C25H35N3O4/c1-25(2,3)32-24(31)27-13-10-17(11-14-27)16-28-12-4-5-19-15-18(6-8-21(19)28)20-7-9-22(29)26-23(20)30/h6,8,15,17,20H,4-5,7,9-14,16H2,1-3H3,(H,26,29,30)/t20-/m1/s1. The summed E-state index contributed by atoms with van der Waals surface area (Å²) in [5, 5.41) is 2.47. The molecule has 3 aliphatic heterocycles. The molecular formula is C25H35N3O4. The van der Waals surface area contributed by atoms with Crippen LogP contribution in [0.5, 0.6) is 0 Å². The maximum atomic E-state index is 12.3. The Labute approximate surface area is 190 Å². The van der Waals surface area contributed by atoms with Gasteiger partial charge in [0.05, 0.1) is 5.92 Å². The Morgan fingerprint density at radius 3 is 2.53 bits per heavy atom. The van der Waals surface area contributed by atoms with Crippen LogP contribution < -0.4 is 10.2 Å². The highest BCUT2D eigenvalue weighted by molar-refractivity contribution is 6.01. The highest BCUT2D eigenvalue weighted by Gasteiger charge is 2.31. The fourth-order valence-electron chi connectivity index (χ4n) is 5.05. The van der Waals surface area contributed by atoms with Gasteiger partial charge in [0, 0.05) is 38.3 Å². The molecule has 1 aromatic carbocycles. The van der Waals surface area contributed by atoms with Gasteiger partial charge in [0.25, 0.3) is 0 Å². The molecule has 0 bridgehead atoms. The maximum absolute atomic E-state index is 12.3. The third kappa shape index (κ3) is 5.25. The van der Waals surface area contributed by atoms with E-state index in [2.05, 4.69) is 28.4 Å². The van der Waals surface area contributed by atoms with E-state index in [9.17, 15) is 14.4 Å². The van der Waals surface area contributed by atoms with Crippen LogP contribution in [0.2, 0.25) is 0 Å². The minimum atomic E-state index is -0.460. The van der Waals surface area contributed by atoms with Crippen molar-refractivity contribution >= 4 is 23.6 Å². The largest absolute Gasteiger partial charge is 0.444 e. The normalized spacial score (nSPS) is 22.4. The van der Waals surface area contributed by atoms with Gasteiger partial charge in [-0.05, 0) is 76.0 Å². The van der Waals surface area contributed by atoms with Crippen molar-refractivity contribution in [2.24, 2.45) is 5.92 Å². The minimum Gasteiger partial charge on any atom is -0.444 e. The second-order valence-electron chi connectivity index (χ2n) is 10.4. The van der Waals surface area contributed by atoms with Crippen LogP contribution in [0.4, 0.5) is 10.5 Å². The van der Waals surface area contributed by atoms with Gasteiger partial charge >= 0.3 is 6.09 Å². The van der Waals surface area contributed by atoms with Crippen LogP contribution in [-0.2, 0) is 20.7 Å². The molecule has 3 aliphatic rings. The highest BCUT2D eigenvalue weighted by atomic mass is 16.6. The number of nitrogens with zero attached hydrogens (tertiary/aromatic N) is 2. The minimum absolute atomic E-state index is 0.173. The summed E-state index contributed by atoms with van der Waals surface area (Å²) in [6.07, 6.45) is 4.87. The summed E-state index contributed by atoms with van der Waals surface area (Å²) in [7, 11) is 0. The predicted molar refractivity (Wildman–Crippen MR) is 123 cm³/mol. The summed E-state index contributed by atoms with van der Waals surface area (Å²) in [5.41, 5.74) is 3.12. The van der Waals surface area contributed by atoms with E-state index >= 15 is 0 Å². The first-order valence-corrected chi connectivity index (χ1v) is 11.9. The van der Waals surface area contributed by atoms with E-state index in [1.54, 1.807) is 0 Å². The zero-order valence-corrected chi connectivity index (χ0v) is 19.5. The van der Waals surface area contributed by atoms with E-state index in [-0.39, 0.29) is 23.8 Å². The molecule has 1 aromatic rings. The van der Waals surface area contributed by atoms with Gasteiger partial charge in [-0.25, -0.2) is 4.79 Å². The number of likely N-dealkylation sites (tertiary alicyclic amines) is 1. The Bertz CT molecular complexity index is 884. The Morgan fingerprint density at radius 1 is 1.09 bits per heavy atom. The summed E-state index contributed by atoms with van der Waals surface area (Å²) in [5.74, 6) is -0.0290. The number of ether oxygens (including phenoxy) is 1. The number of carbonyl (C=O) groups is 3. The fourth-order valence-corrected chi connectivity index (χ4v) is 5.05. The molecule has 4 rings (SSSR count). The Balaban J connectivity index is 1.36. The van der Waals surface area contributed by atoms with Gasteiger partial charge in [-0.1, -0.05) is 12.1 Å². The van der Waals surface area contributed by atoms with Crippen LogP contribution in [0.25, 0.3) is 0 Å². The summed E-state index contributed by atoms with van der Waals surface area (Å²) in [6, 6.07) is 6.39. The molecule has 0 unspecified atom stereocenters. The van der Waals surface area contributed by atoms with Crippen molar-refractivity contribution in [1.29, 1.82) is 0 Å². The first-order valence-electron chi connectivity index (χ1n) is 11.9. The van der Waals surface area contributed by atoms with Gasteiger partial charge in [0.2, 0.25) is 11.8 Å². The number of imide groups is 1. The zero-order chi connectivity index (χ0) is 22.9. The molecule has 0 aromatic heterocycles. The van der Waals surface area contributed by atoms with Crippen LogP contribution in [0.3, 0.4) is 0 Å². The van der Waals surface area contributed by atoms with Crippen molar-refractivity contribution in [1.82, 2.24) is 10.2 Å². The van der Waals surface area contributed by atoms with Gasteiger partial charge in [0.1, 0.15) is 5.60 Å². The average Bonchev–Trinajstić information content (AvgIpc) is 2.73. The molecule has 7 heteroatoms. The number of anilines is 1. The van der Waals surface area contributed by atoms with Crippen molar-refractivity contribution in [3.8, 4) is 0 Å². The van der Waals surface area contributed by atoms with Gasteiger partial charge in [-0.2, -0.15) is 0 Å². The molecule has 0 aliphatic carbocycles. The molecule has 2 fully saturated rings. The van der Waals surface area contributed by atoms with Crippen LogP contribution in [0, 0.1) is 5.92 Å². The molecular weight excluding hydrogens is 406 g/mol. The quantitative estimate of drug-likeness (QED) is 0.725. The molecule has 174 valence electrons. The summed E-state index contributed by atoms with van der Waals surface area (Å²) >= 11 is 0. The predicted octanol–water partition coefficient (Wildman–Crippen LogP) is 3.61. The number of fused-ring (bicyclic) bond motifs is 1. The molecule has 3 amide bonds. The molecule has 0 radical (unpaired) electrons. The summed E-state index contributed by atoms with van der Waals surface area (Å²) in [4.78, 5) is 40.4. The summed E-state index contributed by atoms with van der Waals surface area (Å²) < 4.78 is 5.51. The van der Waals surface area contributed by atoms with Crippen LogP contribution >= 0.6 is 0 Å². The lowest BCUT2D eigenvalue weighted by Crippen LogP contribution is -2.44. The van der Waals surface area contributed by atoms with Crippen molar-refractivity contribution in [3.63, 3.8) is 0 Å². The van der Waals surface area contributed by atoms with E-state index < -0.39 is 5.60 Å². The van der Waals surface area contributed by atoms with Crippen LogP contribution in [0.1, 0.15) is 69.9 Å². The van der Waals surface area contributed by atoms with Crippen LogP contribution in [0.15, 0.2) is 18.2 Å². The lowest BCUT2D eigenvalue weighted by molar-refractivity contribution is -0.134. The number of hydrogen-bond acceptors (Lipinski definition) is 5. The molecule has 3 heterocycles.